The van der Waals surface area contributed by atoms with Crippen molar-refractivity contribution < 1.29 is 9.59 Å². The normalized spacial score (nSPS) is 13.3. The predicted molar refractivity (Wildman–Crippen MR) is 245 cm³/mol. The monoisotopic (exact) mass is 760 g/mol. The van der Waals surface area contributed by atoms with Crippen LogP contribution < -0.4 is 16.0 Å². The standard InChI is InChI=1S/C35H48N4O2.C7H16.C3H8.C2H6.CH3N/c1-9-14-17-21-34(39(8)30(19-15-10-2)20-16-11-3)28-22-23-32(36-25-28)31(13-5)35(41)38-33(27(6)7)24-29(18-12-4)37-26-40;1-3-5-7-6-4-2;1-3-2;2*1-2/h10,12,14-15,17-26,36H,2,9,11,13,16H2,1,3-8H3,(H,37,40)(H,38,41);3-7H2,1-2H3;3H2,1-2H3;1-2H3;2H,1H2/b17-14+,18-12-,19-15-,29-24+,30-20+,32-31+,34-21-;;;;. The van der Waals surface area contributed by atoms with E-state index >= 15 is 0 Å². The van der Waals surface area contributed by atoms with Crippen LogP contribution in [0.1, 0.15) is 147 Å². The molecular weight excluding hydrogens is 679 g/mol. The zero-order valence-electron chi connectivity index (χ0n) is 37.3. The number of rotatable bonds is 20. The van der Waals surface area contributed by atoms with E-state index in [0.29, 0.717) is 29.8 Å². The van der Waals surface area contributed by atoms with Gasteiger partial charge in [-0.25, -0.2) is 0 Å². The molecule has 1 aliphatic heterocycles. The largest absolute Gasteiger partial charge is 0.361 e. The van der Waals surface area contributed by atoms with E-state index in [1.165, 1.54) is 38.5 Å². The number of unbranched alkanes of at least 4 members (excludes halogenated alkanes) is 5. The van der Waals surface area contributed by atoms with Crippen LogP contribution in [0.15, 0.2) is 131 Å². The van der Waals surface area contributed by atoms with Gasteiger partial charge in [-0.3, -0.25) is 9.59 Å². The molecule has 0 saturated carbocycles. The minimum absolute atomic E-state index is 0.201. The Morgan fingerprint density at radius 3 is 1.98 bits per heavy atom. The Kier molecular flexibility index (Phi) is 43.7. The summed E-state index contributed by atoms with van der Waals surface area (Å²) in [6, 6.07) is 0. The van der Waals surface area contributed by atoms with Gasteiger partial charge in [0, 0.05) is 52.9 Å². The van der Waals surface area contributed by atoms with E-state index in [1.54, 1.807) is 18.2 Å². The molecule has 4 N–H and O–H groups in total. The Morgan fingerprint density at radius 2 is 1.55 bits per heavy atom. The minimum Gasteiger partial charge on any atom is -0.361 e. The van der Waals surface area contributed by atoms with Crippen LogP contribution in [0, 0.1) is 5.41 Å². The first-order chi connectivity index (χ1) is 26.6. The van der Waals surface area contributed by atoms with Crippen molar-refractivity contribution in [1.29, 1.82) is 5.41 Å². The molecule has 7 nitrogen and oxygen atoms in total. The Balaban J connectivity index is -0.000000798. The van der Waals surface area contributed by atoms with E-state index in [4.69, 9.17) is 5.41 Å². The number of hydrogen-bond acceptors (Lipinski definition) is 5. The van der Waals surface area contributed by atoms with Crippen LogP contribution in [0.4, 0.5) is 0 Å². The topological polar surface area (TPSA) is 97.3 Å². The molecule has 0 aromatic carbocycles. The molecule has 1 heterocycles. The van der Waals surface area contributed by atoms with Gasteiger partial charge in [-0.15, -0.1) is 0 Å². The smallest absolute Gasteiger partial charge is 0.253 e. The minimum atomic E-state index is -0.201. The quantitative estimate of drug-likeness (QED) is 0.0327. The number of likely N-dealkylation sites (N-methyl/N-ethyl adjacent to an activating group) is 1. The third-order valence-electron chi connectivity index (χ3n) is 7.35. The SMILES string of the molecule is C=C/C=C\C(=C/CCC)N(C)/C(=C\C=C\CC)C1=CN/C(=C(\CC)C(=O)NC(/C=C(\C=C/C)NC=O)=C(C)C)C=C1.C=N.CC.CCC.CCCCCCC. The van der Waals surface area contributed by atoms with Gasteiger partial charge in [-0.2, -0.15) is 0 Å². The molecule has 0 radical (unpaired) electrons. The van der Waals surface area contributed by atoms with E-state index in [1.807, 2.05) is 72.0 Å². The summed E-state index contributed by atoms with van der Waals surface area (Å²) in [4.78, 5) is 26.6. The van der Waals surface area contributed by atoms with Crippen LogP contribution in [0.25, 0.3) is 0 Å². The van der Waals surface area contributed by atoms with Gasteiger partial charge < -0.3 is 26.3 Å². The highest BCUT2D eigenvalue weighted by molar-refractivity contribution is 5.96. The molecule has 0 aromatic heterocycles. The second-order valence-corrected chi connectivity index (χ2v) is 12.3. The number of nitrogens with zero attached hydrogens (tertiary/aromatic N) is 1. The number of allylic oxidation sites excluding steroid dienone is 13. The Hall–Kier alpha value is -4.65. The first-order valence-corrected chi connectivity index (χ1v) is 20.5. The van der Waals surface area contributed by atoms with Gasteiger partial charge >= 0.3 is 0 Å². The molecular formula is C48H81N5O2. The average molecular weight is 760 g/mol. The van der Waals surface area contributed by atoms with Crippen LogP contribution in [0.3, 0.4) is 0 Å². The Morgan fingerprint density at radius 1 is 0.927 bits per heavy atom. The molecule has 310 valence electrons. The van der Waals surface area contributed by atoms with Gasteiger partial charge in [-0.05, 0) is 83.2 Å². The Bertz CT molecular complexity index is 1340. The van der Waals surface area contributed by atoms with E-state index in [-0.39, 0.29) is 5.91 Å². The zero-order chi connectivity index (χ0) is 42.9. The van der Waals surface area contributed by atoms with Crippen molar-refractivity contribution >= 4 is 19.0 Å². The van der Waals surface area contributed by atoms with Gasteiger partial charge in [0.05, 0.1) is 0 Å². The first-order valence-electron chi connectivity index (χ1n) is 20.5. The Labute approximate surface area is 339 Å². The predicted octanol–water partition coefficient (Wildman–Crippen LogP) is 13.2. The highest BCUT2D eigenvalue weighted by Crippen LogP contribution is 2.25. The number of dihydropyridines is 1. The number of amides is 2. The fraction of sp³-hybridized carbons (Fsp3) is 0.479. The van der Waals surface area contributed by atoms with Gasteiger partial charge in [0.1, 0.15) is 0 Å². The van der Waals surface area contributed by atoms with Crippen LogP contribution in [0.5, 0.6) is 0 Å². The summed E-state index contributed by atoms with van der Waals surface area (Å²) < 4.78 is 0. The van der Waals surface area contributed by atoms with E-state index in [2.05, 4.69) is 113 Å². The summed E-state index contributed by atoms with van der Waals surface area (Å²) in [6.45, 7) is 31.0. The molecule has 0 unspecified atom stereocenters. The molecule has 0 spiro atoms. The second-order valence-electron chi connectivity index (χ2n) is 12.3. The molecule has 55 heavy (non-hydrogen) atoms. The molecule has 0 aliphatic carbocycles. The van der Waals surface area contributed by atoms with E-state index in [9.17, 15) is 9.59 Å². The molecule has 0 saturated heterocycles. The lowest BCUT2D eigenvalue weighted by Crippen LogP contribution is -2.28. The number of carbonyl (C=O) groups is 2. The third kappa shape index (κ3) is 28.5. The molecule has 0 bridgehead atoms. The summed E-state index contributed by atoms with van der Waals surface area (Å²) in [6.07, 6.45) is 38.0. The number of hydrogen-bond donors (Lipinski definition) is 4. The molecule has 0 fully saturated rings. The third-order valence-corrected chi connectivity index (χ3v) is 7.35. The van der Waals surface area contributed by atoms with Crippen molar-refractivity contribution in [3.63, 3.8) is 0 Å². The molecule has 7 heteroatoms. The molecule has 0 atom stereocenters. The fourth-order valence-electron chi connectivity index (χ4n) is 4.58. The van der Waals surface area contributed by atoms with E-state index < -0.39 is 0 Å². The lowest BCUT2D eigenvalue weighted by atomic mass is 10.0. The van der Waals surface area contributed by atoms with Gasteiger partial charge in [0.2, 0.25) is 6.41 Å². The zero-order valence-corrected chi connectivity index (χ0v) is 37.3. The van der Waals surface area contributed by atoms with E-state index in [0.717, 1.165) is 47.5 Å². The van der Waals surface area contributed by atoms with Crippen LogP contribution in [-0.2, 0) is 9.59 Å². The van der Waals surface area contributed by atoms with Crippen molar-refractivity contribution in [3.8, 4) is 0 Å². The van der Waals surface area contributed by atoms with Crippen LogP contribution in [-0.4, -0.2) is 31.0 Å². The van der Waals surface area contributed by atoms with Crippen molar-refractivity contribution in [1.82, 2.24) is 20.9 Å². The summed E-state index contributed by atoms with van der Waals surface area (Å²) in [5.74, 6) is -0.201. The molecule has 2 amide bonds. The van der Waals surface area contributed by atoms with Crippen molar-refractivity contribution in [3.05, 3.63) is 131 Å². The van der Waals surface area contributed by atoms with Crippen molar-refractivity contribution in [2.45, 2.75) is 147 Å². The van der Waals surface area contributed by atoms with Gasteiger partial charge in [0.25, 0.3) is 5.91 Å². The van der Waals surface area contributed by atoms with Crippen LogP contribution >= 0.6 is 0 Å². The maximum Gasteiger partial charge on any atom is 0.253 e. The number of nitrogens with one attached hydrogen (secondary N) is 4. The molecule has 0 aromatic rings. The first kappa shape index (κ1) is 57.1. The maximum absolute atomic E-state index is 13.4. The second kappa shape index (κ2) is 42.1. The summed E-state index contributed by atoms with van der Waals surface area (Å²) in [5.41, 5.74) is 6.59. The molecule has 1 rings (SSSR count). The van der Waals surface area contributed by atoms with Crippen molar-refractivity contribution in [2.75, 3.05) is 7.05 Å². The summed E-state index contributed by atoms with van der Waals surface area (Å²) in [7, 11) is 2.06. The molecule has 1 aliphatic rings. The van der Waals surface area contributed by atoms with Gasteiger partial charge in [-0.1, -0.05) is 156 Å². The van der Waals surface area contributed by atoms with Crippen molar-refractivity contribution in [2.24, 2.45) is 0 Å². The number of carbonyl (C=O) groups excluding carboxylic acids is 2. The summed E-state index contributed by atoms with van der Waals surface area (Å²) >= 11 is 0. The lowest BCUT2D eigenvalue weighted by Gasteiger charge is -2.26. The summed E-state index contributed by atoms with van der Waals surface area (Å²) in [5, 5.41) is 14.5. The maximum atomic E-state index is 13.4. The fourth-order valence-corrected chi connectivity index (χ4v) is 4.58. The van der Waals surface area contributed by atoms with Crippen LogP contribution in [0.2, 0.25) is 0 Å². The lowest BCUT2D eigenvalue weighted by molar-refractivity contribution is -0.117. The highest BCUT2D eigenvalue weighted by atomic mass is 16.1. The van der Waals surface area contributed by atoms with Gasteiger partial charge in [0.15, 0.2) is 0 Å². The average Bonchev–Trinajstić information content (AvgIpc) is 3.19. The highest BCUT2D eigenvalue weighted by Gasteiger charge is 2.18.